The Kier molecular flexibility index (Phi) is 3.78. The molecule has 0 radical (unpaired) electrons. The molecule has 2 aromatic rings. The number of hydrogen-bond donors (Lipinski definition) is 1. The van der Waals surface area contributed by atoms with Crippen LogP contribution in [-0.4, -0.2) is 19.1 Å². The molecule has 1 aliphatic heterocycles. The van der Waals surface area contributed by atoms with Crippen molar-refractivity contribution in [3.05, 3.63) is 64.4 Å². The summed E-state index contributed by atoms with van der Waals surface area (Å²) in [6, 6.07) is 13.4. The van der Waals surface area contributed by atoms with Gasteiger partial charge in [0.1, 0.15) is 11.2 Å². The Morgan fingerprint density at radius 3 is 2.24 bits per heavy atom. The molecular weight excluding hydrogens is 337 g/mol. The third kappa shape index (κ3) is 2.71. The van der Waals surface area contributed by atoms with Crippen LogP contribution < -0.4 is 5.32 Å². The summed E-state index contributed by atoms with van der Waals surface area (Å²) in [5.74, 6) is -0.467. The standard InChI is InChI=1S/C16H13BrFNO2/c17-12-3-1-11(2-4-12)16(9-21-10-16)15(20)19-14-7-5-13(18)6-8-14/h1-8H,9-10H2,(H,19,20). The Balaban J connectivity index is 1.83. The molecule has 21 heavy (non-hydrogen) atoms. The van der Waals surface area contributed by atoms with E-state index in [0.717, 1.165) is 10.0 Å². The molecule has 1 amide bonds. The summed E-state index contributed by atoms with van der Waals surface area (Å²) in [4.78, 5) is 12.6. The molecule has 0 unspecified atom stereocenters. The Morgan fingerprint density at radius 1 is 1.10 bits per heavy atom. The van der Waals surface area contributed by atoms with Gasteiger partial charge < -0.3 is 10.1 Å². The number of amides is 1. The first-order chi connectivity index (χ1) is 10.1. The zero-order valence-corrected chi connectivity index (χ0v) is 12.7. The predicted octanol–water partition coefficient (Wildman–Crippen LogP) is 3.49. The van der Waals surface area contributed by atoms with E-state index in [4.69, 9.17) is 4.74 Å². The van der Waals surface area contributed by atoms with E-state index < -0.39 is 5.41 Å². The van der Waals surface area contributed by atoms with Crippen molar-refractivity contribution in [3.63, 3.8) is 0 Å². The van der Waals surface area contributed by atoms with Crippen LogP contribution in [0.25, 0.3) is 0 Å². The van der Waals surface area contributed by atoms with Crippen molar-refractivity contribution in [3.8, 4) is 0 Å². The molecule has 1 aliphatic rings. The molecule has 2 aromatic carbocycles. The summed E-state index contributed by atoms with van der Waals surface area (Å²) in [7, 11) is 0. The van der Waals surface area contributed by atoms with Gasteiger partial charge in [0.2, 0.25) is 5.91 Å². The van der Waals surface area contributed by atoms with Gasteiger partial charge in [0.15, 0.2) is 0 Å². The minimum absolute atomic E-state index is 0.136. The lowest BCUT2D eigenvalue weighted by molar-refractivity contribution is -0.139. The van der Waals surface area contributed by atoms with Crippen molar-refractivity contribution in [2.75, 3.05) is 18.5 Å². The first-order valence-electron chi connectivity index (χ1n) is 6.51. The number of carbonyl (C=O) groups is 1. The fourth-order valence-electron chi connectivity index (χ4n) is 2.29. The number of rotatable bonds is 3. The summed E-state index contributed by atoms with van der Waals surface area (Å²) in [6.45, 7) is 0.698. The molecule has 3 rings (SSSR count). The van der Waals surface area contributed by atoms with Crippen LogP contribution in [0.2, 0.25) is 0 Å². The van der Waals surface area contributed by atoms with Crippen LogP contribution in [0.5, 0.6) is 0 Å². The summed E-state index contributed by atoms with van der Waals surface area (Å²) in [5, 5.41) is 2.83. The summed E-state index contributed by atoms with van der Waals surface area (Å²) >= 11 is 3.38. The van der Waals surface area contributed by atoms with E-state index in [1.165, 1.54) is 12.1 Å². The molecule has 0 saturated carbocycles. The topological polar surface area (TPSA) is 38.3 Å². The smallest absolute Gasteiger partial charge is 0.239 e. The normalized spacial score (nSPS) is 16.1. The summed E-state index contributed by atoms with van der Waals surface area (Å²) in [5.41, 5.74) is 0.816. The Hall–Kier alpha value is -1.72. The lowest BCUT2D eigenvalue weighted by atomic mass is 9.77. The number of halogens is 2. The second-order valence-electron chi connectivity index (χ2n) is 5.04. The van der Waals surface area contributed by atoms with E-state index in [1.807, 2.05) is 24.3 Å². The number of benzene rings is 2. The average Bonchev–Trinajstić information content (AvgIpc) is 2.42. The van der Waals surface area contributed by atoms with Crippen molar-refractivity contribution in [1.29, 1.82) is 0 Å². The Labute approximate surface area is 130 Å². The maximum atomic E-state index is 12.9. The van der Waals surface area contributed by atoms with Gasteiger partial charge >= 0.3 is 0 Å². The highest BCUT2D eigenvalue weighted by Crippen LogP contribution is 2.34. The molecule has 0 aliphatic carbocycles. The minimum atomic E-state index is -0.672. The fourth-order valence-corrected chi connectivity index (χ4v) is 2.55. The van der Waals surface area contributed by atoms with Crippen LogP contribution in [0.3, 0.4) is 0 Å². The zero-order chi connectivity index (χ0) is 14.9. The van der Waals surface area contributed by atoms with Crippen molar-refractivity contribution < 1.29 is 13.9 Å². The maximum Gasteiger partial charge on any atom is 0.239 e. The second kappa shape index (κ2) is 5.58. The molecule has 0 aromatic heterocycles. The fraction of sp³-hybridized carbons (Fsp3) is 0.188. The summed E-state index contributed by atoms with van der Waals surface area (Å²) < 4.78 is 19.1. The highest BCUT2D eigenvalue weighted by molar-refractivity contribution is 9.10. The van der Waals surface area contributed by atoms with Crippen LogP contribution >= 0.6 is 15.9 Å². The van der Waals surface area contributed by atoms with Gasteiger partial charge in [0.25, 0.3) is 0 Å². The molecular formula is C16H13BrFNO2. The Morgan fingerprint density at radius 2 is 1.71 bits per heavy atom. The lowest BCUT2D eigenvalue weighted by Crippen LogP contribution is -2.55. The van der Waals surface area contributed by atoms with Gasteiger partial charge in [-0.15, -0.1) is 0 Å². The molecule has 108 valence electrons. The highest BCUT2D eigenvalue weighted by Gasteiger charge is 2.47. The number of hydrogen-bond acceptors (Lipinski definition) is 2. The van der Waals surface area contributed by atoms with Crippen LogP contribution in [0.1, 0.15) is 5.56 Å². The zero-order valence-electron chi connectivity index (χ0n) is 11.1. The van der Waals surface area contributed by atoms with Gasteiger partial charge in [-0.2, -0.15) is 0 Å². The third-order valence-electron chi connectivity index (χ3n) is 3.63. The van der Waals surface area contributed by atoms with E-state index in [9.17, 15) is 9.18 Å². The largest absolute Gasteiger partial charge is 0.378 e. The lowest BCUT2D eigenvalue weighted by Gasteiger charge is -2.40. The molecule has 1 fully saturated rings. The molecule has 0 bridgehead atoms. The highest BCUT2D eigenvalue weighted by atomic mass is 79.9. The second-order valence-corrected chi connectivity index (χ2v) is 5.96. The van der Waals surface area contributed by atoms with Crippen LogP contribution in [0.15, 0.2) is 53.0 Å². The molecule has 1 N–H and O–H groups in total. The quantitative estimate of drug-likeness (QED) is 0.920. The molecule has 3 nitrogen and oxygen atoms in total. The first kappa shape index (κ1) is 14.2. The van der Waals surface area contributed by atoms with Crippen molar-refractivity contribution in [1.82, 2.24) is 0 Å². The maximum absolute atomic E-state index is 12.9. The van der Waals surface area contributed by atoms with Gasteiger partial charge in [-0.05, 0) is 42.0 Å². The van der Waals surface area contributed by atoms with E-state index in [1.54, 1.807) is 12.1 Å². The molecule has 1 saturated heterocycles. The predicted molar refractivity (Wildman–Crippen MR) is 81.7 cm³/mol. The Bertz CT molecular complexity index is 651. The first-order valence-corrected chi connectivity index (χ1v) is 7.30. The van der Waals surface area contributed by atoms with Crippen molar-refractivity contribution in [2.24, 2.45) is 0 Å². The van der Waals surface area contributed by atoms with Crippen LogP contribution in [0.4, 0.5) is 10.1 Å². The van der Waals surface area contributed by atoms with Crippen LogP contribution in [0, 0.1) is 5.82 Å². The third-order valence-corrected chi connectivity index (χ3v) is 4.16. The molecule has 0 spiro atoms. The average molecular weight is 350 g/mol. The molecule has 5 heteroatoms. The van der Waals surface area contributed by atoms with Crippen molar-refractivity contribution in [2.45, 2.75) is 5.41 Å². The molecule has 1 heterocycles. The van der Waals surface area contributed by atoms with E-state index in [-0.39, 0.29) is 11.7 Å². The van der Waals surface area contributed by atoms with Gasteiger partial charge in [0, 0.05) is 10.2 Å². The monoisotopic (exact) mass is 349 g/mol. The number of anilines is 1. The van der Waals surface area contributed by atoms with E-state index in [2.05, 4.69) is 21.2 Å². The molecule has 0 atom stereocenters. The van der Waals surface area contributed by atoms with Gasteiger partial charge in [-0.1, -0.05) is 28.1 Å². The van der Waals surface area contributed by atoms with Crippen LogP contribution in [-0.2, 0) is 14.9 Å². The van der Waals surface area contributed by atoms with Crippen molar-refractivity contribution >= 4 is 27.5 Å². The number of carbonyl (C=O) groups excluding carboxylic acids is 1. The van der Waals surface area contributed by atoms with Gasteiger partial charge in [-0.25, -0.2) is 4.39 Å². The minimum Gasteiger partial charge on any atom is -0.378 e. The van der Waals surface area contributed by atoms with E-state index >= 15 is 0 Å². The SMILES string of the molecule is O=C(Nc1ccc(F)cc1)C1(c2ccc(Br)cc2)COC1. The summed E-state index contributed by atoms with van der Waals surface area (Å²) in [6.07, 6.45) is 0. The number of nitrogens with one attached hydrogen (secondary N) is 1. The van der Waals surface area contributed by atoms with Gasteiger partial charge in [0.05, 0.1) is 13.2 Å². The van der Waals surface area contributed by atoms with E-state index in [0.29, 0.717) is 18.9 Å². The van der Waals surface area contributed by atoms with Gasteiger partial charge in [-0.3, -0.25) is 4.79 Å². The number of ether oxygens (including phenoxy) is 1.